The number of likely N-dealkylation sites (tertiary alicyclic amines) is 2. The first-order valence-electron chi connectivity index (χ1n) is 10.5. The highest BCUT2D eigenvalue weighted by Gasteiger charge is 2.28. The van der Waals surface area contributed by atoms with Crippen molar-refractivity contribution < 1.29 is 9.90 Å². The Kier molecular flexibility index (Phi) is 7.13. The van der Waals surface area contributed by atoms with E-state index in [1.807, 2.05) is 6.07 Å². The molecule has 1 aromatic carbocycles. The second kappa shape index (κ2) is 9.56. The molecular formula is C22H35N3O2. The van der Waals surface area contributed by atoms with Crippen LogP contribution in [0.2, 0.25) is 0 Å². The summed E-state index contributed by atoms with van der Waals surface area (Å²) in [7, 11) is 0. The Hall–Kier alpha value is -1.59. The van der Waals surface area contributed by atoms with Crippen LogP contribution in [0.25, 0.3) is 0 Å². The highest BCUT2D eigenvalue weighted by molar-refractivity contribution is 5.81. The zero-order valence-corrected chi connectivity index (χ0v) is 16.9. The van der Waals surface area contributed by atoms with E-state index >= 15 is 0 Å². The number of aliphatic hydroxyl groups is 1. The maximum atomic E-state index is 12.8. The van der Waals surface area contributed by atoms with Gasteiger partial charge in [-0.15, -0.1) is 0 Å². The smallest absolute Gasteiger partial charge is 0.242 e. The number of hydrogen-bond acceptors (Lipinski definition) is 4. The lowest BCUT2D eigenvalue weighted by molar-refractivity contribution is -0.135. The lowest BCUT2D eigenvalue weighted by Gasteiger charge is -2.39. The monoisotopic (exact) mass is 373 g/mol. The number of anilines is 1. The SMILES string of the molecule is CC1CCCC(C)N1C(=O)CNc1ccccc1CN1CCC(CO)CC1. The van der Waals surface area contributed by atoms with Gasteiger partial charge in [0.15, 0.2) is 0 Å². The number of hydrogen-bond donors (Lipinski definition) is 2. The van der Waals surface area contributed by atoms with Gasteiger partial charge in [-0.05, 0) is 76.6 Å². The van der Waals surface area contributed by atoms with E-state index in [1.165, 1.54) is 12.0 Å². The molecule has 2 heterocycles. The predicted octanol–water partition coefficient (Wildman–Crippen LogP) is 3.09. The molecule has 0 radical (unpaired) electrons. The van der Waals surface area contributed by atoms with Crippen LogP contribution in [0.15, 0.2) is 24.3 Å². The number of amides is 1. The molecule has 2 saturated heterocycles. The Balaban J connectivity index is 1.57. The summed E-state index contributed by atoms with van der Waals surface area (Å²) in [6.07, 6.45) is 5.56. The summed E-state index contributed by atoms with van der Waals surface area (Å²) in [4.78, 5) is 17.3. The fourth-order valence-corrected chi connectivity index (χ4v) is 4.57. The van der Waals surface area contributed by atoms with Crippen LogP contribution in [0, 0.1) is 5.92 Å². The number of rotatable bonds is 6. The van der Waals surface area contributed by atoms with Crippen LogP contribution >= 0.6 is 0 Å². The van der Waals surface area contributed by atoms with Gasteiger partial charge in [-0.1, -0.05) is 18.2 Å². The number of nitrogens with zero attached hydrogens (tertiary/aromatic N) is 2. The number of para-hydroxylation sites is 1. The molecule has 1 aromatic rings. The van der Waals surface area contributed by atoms with E-state index in [-0.39, 0.29) is 5.91 Å². The minimum absolute atomic E-state index is 0.202. The summed E-state index contributed by atoms with van der Waals surface area (Å²) in [6, 6.07) is 9.00. The average Bonchev–Trinajstić information content (AvgIpc) is 2.68. The quantitative estimate of drug-likeness (QED) is 0.805. The van der Waals surface area contributed by atoms with Gasteiger partial charge in [0.2, 0.25) is 5.91 Å². The highest BCUT2D eigenvalue weighted by atomic mass is 16.3. The van der Waals surface area contributed by atoms with Gasteiger partial charge in [0, 0.05) is 30.9 Å². The van der Waals surface area contributed by atoms with Crippen LogP contribution in [-0.2, 0) is 11.3 Å². The summed E-state index contributed by atoms with van der Waals surface area (Å²) < 4.78 is 0. The third kappa shape index (κ3) is 5.23. The summed E-state index contributed by atoms with van der Waals surface area (Å²) in [6.45, 7) is 7.95. The van der Waals surface area contributed by atoms with Gasteiger partial charge in [0.25, 0.3) is 0 Å². The highest BCUT2D eigenvalue weighted by Crippen LogP contribution is 2.24. The maximum absolute atomic E-state index is 12.8. The molecule has 0 bridgehead atoms. The van der Waals surface area contributed by atoms with E-state index in [0.29, 0.717) is 31.2 Å². The van der Waals surface area contributed by atoms with Gasteiger partial charge in [-0.25, -0.2) is 0 Å². The number of aliphatic hydroxyl groups excluding tert-OH is 1. The minimum atomic E-state index is 0.202. The number of benzene rings is 1. The second-order valence-corrected chi connectivity index (χ2v) is 8.34. The van der Waals surface area contributed by atoms with Crippen LogP contribution < -0.4 is 5.32 Å². The first-order valence-corrected chi connectivity index (χ1v) is 10.5. The Morgan fingerprint density at radius 2 is 1.78 bits per heavy atom. The molecule has 150 valence electrons. The van der Waals surface area contributed by atoms with Gasteiger partial charge in [-0.2, -0.15) is 0 Å². The van der Waals surface area contributed by atoms with Gasteiger partial charge >= 0.3 is 0 Å². The third-order valence-electron chi connectivity index (χ3n) is 6.29. The van der Waals surface area contributed by atoms with Crippen LogP contribution in [0.3, 0.4) is 0 Å². The van der Waals surface area contributed by atoms with Crippen molar-refractivity contribution >= 4 is 11.6 Å². The summed E-state index contributed by atoms with van der Waals surface area (Å²) in [5.41, 5.74) is 2.31. The first kappa shape index (κ1) is 20.2. The molecule has 3 rings (SSSR count). The zero-order chi connectivity index (χ0) is 19.2. The molecular weight excluding hydrogens is 338 g/mol. The lowest BCUT2D eigenvalue weighted by Crippen LogP contribution is -2.49. The topological polar surface area (TPSA) is 55.8 Å². The molecule has 2 unspecified atom stereocenters. The Bertz CT molecular complexity index is 603. The van der Waals surface area contributed by atoms with E-state index in [0.717, 1.165) is 51.0 Å². The average molecular weight is 374 g/mol. The van der Waals surface area contributed by atoms with Crippen LogP contribution in [0.4, 0.5) is 5.69 Å². The van der Waals surface area contributed by atoms with E-state index in [1.54, 1.807) is 0 Å². The minimum Gasteiger partial charge on any atom is -0.396 e. The molecule has 0 aliphatic carbocycles. The van der Waals surface area contributed by atoms with E-state index in [9.17, 15) is 9.90 Å². The largest absolute Gasteiger partial charge is 0.396 e. The molecule has 27 heavy (non-hydrogen) atoms. The Morgan fingerprint density at radius 3 is 2.44 bits per heavy atom. The standard InChI is InChI=1S/C22H35N3O2/c1-17-6-5-7-18(2)25(17)22(27)14-23-21-9-4-3-8-20(21)15-24-12-10-19(16-26)11-13-24/h3-4,8-9,17-19,23,26H,5-7,10-16H2,1-2H3. The van der Waals surface area contributed by atoms with Gasteiger partial charge in [0.05, 0.1) is 6.54 Å². The van der Waals surface area contributed by atoms with Crippen LogP contribution in [-0.4, -0.2) is 59.1 Å². The molecule has 5 heteroatoms. The summed E-state index contributed by atoms with van der Waals surface area (Å²) in [5, 5.41) is 12.7. The Morgan fingerprint density at radius 1 is 1.11 bits per heavy atom. The first-order chi connectivity index (χ1) is 13.1. The fraction of sp³-hybridized carbons (Fsp3) is 0.682. The number of carbonyl (C=O) groups excluding carboxylic acids is 1. The molecule has 2 fully saturated rings. The molecule has 5 nitrogen and oxygen atoms in total. The number of carbonyl (C=O) groups is 1. The molecule has 2 N–H and O–H groups in total. The van der Waals surface area contributed by atoms with Crippen LogP contribution in [0.1, 0.15) is 51.5 Å². The normalized spacial score (nSPS) is 24.8. The van der Waals surface area contributed by atoms with Gasteiger partial charge in [0.1, 0.15) is 0 Å². The van der Waals surface area contributed by atoms with Crippen LogP contribution in [0.5, 0.6) is 0 Å². The van der Waals surface area contributed by atoms with E-state index in [2.05, 4.69) is 47.2 Å². The molecule has 2 atom stereocenters. The van der Waals surface area contributed by atoms with Gasteiger partial charge < -0.3 is 15.3 Å². The van der Waals surface area contributed by atoms with Crippen molar-refractivity contribution in [1.29, 1.82) is 0 Å². The second-order valence-electron chi connectivity index (χ2n) is 8.34. The summed E-state index contributed by atoms with van der Waals surface area (Å²) >= 11 is 0. The maximum Gasteiger partial charge on any atom is 0.242 e. The Labute approximate surface area is 163 Å². The van der Waals surface area contributed by atoms with E-state index < -0.39 is 0 Å². The fourth-order valence-electron chi connectivity index (χ4n) is 4.57. The van der Waals surface area contributed by atoms with Crippen molar-refractivity contribution in [2.45, 2.75) is 64.6 Å². The molecule has 2 aliphatic rings. The van der Waals surface area contributed by atoms with Crippen molar-refractivity contribution in [1.82, 2.24) is 9.80 Å². The van der Waals surface area contributed by atoms with Crippen molar-refractivity contribution in [3.05, 3.63) is 29.8 Å². The molecule has 1 amide bonds. The molecule has 2 aliphatic heterocycles. The summed E-state index contributed by atoms with van der Waals surface area (Å²) in [5.74, 6) is 0.661. The third-order valence-corrected chi connectivity index (χ3v) is 6.29. The van der Waals surface area contributed by atoms with E-state index in [4.69, 9.17) is 0 Å². The number of nitrogens with one attached hydrogen (secondary N) is 1. The van der Waals surface area contributed by atoms with Crippen molar-refractivity contribution in [2.75, 3.05) is 31.6 Å². The lowest BCUT2D eigenvalue weighted by atomic mass is 9.97. The zero-order valence-electron chi connectivity index (χ0n) is 16.9. The molecule has 0 saturated carbocycles. The van der Waals surface area contributed by atoms with Gasteiger partial charge in [-0.3, -0.25) is 9.69 Å². The molecule has 0 spiro atoms. The van der Waals surface area contributed by atoms with Crippen molar-refractivity contribution in [3.63, 3.8) is 0 Å². The molecule has 0 aromatic heterocycles. The number of piperidine rings is 2. The van der Waals surface area contributed by atoms with Crippen molar-refractivity contribution in [3.8, 4) is 0 Å². The van der Waals surface area contributed by atoms with Crippen molar-refractivity contribution in [2.24, 2.45) is 5.92 Å². The predicted molar refractivity (Wildman–Crippen MR) is 110 cm³/mol.